The smallest absolute Gasteiger partial charge is 0.129 e. The predicted molar refractivity (Wildman–Crippen MR) is 71.5 cm³/mol. The number of hydrogen-bond donors (Lipinski definition) is 1. The van der Waals surface area contributed by atoms with Crippen LogP contribution in [0.15, 0.2) is 18.2 Å². The Kier molecular flexibility index (Phi) is 6.08. The van der Waals surface area contributed by atoms with Crippen molar-refractivity contribution in [3.05, 3.63) is 35.1 Å². The van der Waals surface area contributed by atoms with Crippen LogP contribution in [-0.2, 0) is 11.3 Å². The minimum absolute atomic E-state index is 0.208. The molecule has 94 valence electrons. The molecule has 1 rings (SSSR count). The van der Waals surface area contributed by atoms with Crippen LogP contribution >= 0.6 is 12.2 Å². The van der Waals surface area contributed by atoms with E-state index in [1.165, 1.54) is 6.07 Å². The third-order valence-electron chi connectivity index (χ3n) is 2.49. The summed E-state index contributed by atoms with van der Waals surface area (Å²) in [6.45, 7) is 3.10. The Balaban J connectivity index is 2.46. The van der Waals surface area contributed by atoms with Gasteiger partial charge in [0, 0.05) is 17.7 Å². The lowest BCUT2D eigenvalue weighted by molar-refractivity contribution is 0.115. The average molecular weight is 255 g/mol. The van der Waals surface area contributed by atoms with E-state index in [9.17, 15) is 4.39 Å². The molecule has 1 aromatic rings. The molecule has 0 aliphatic heterocycles. The summed E-state index contributed by atoms with van der Waals surface area (Å²) >= 11 is 4.78. The van der Waals surface area contributed by atoms with Crippen molar-refractivity contribution in [3.63, 3.8) is 0 Å². The van der Waals surface area contributed by atoms with E-state index in [1.807, 2.05) is 0 Å². The summed E-state index contributed by atoms with van der Waals surface area (Å²) in [7, 11) is 0. The van der Waals surface area contributed by atoms with E-state index in [0.717, 1.165) is 19.3 Å². The first kappa shape index (κ1) is 14.1. The molecule has 0 spiro atoms. The highest BCUT2D eigenvalue weighted by Crippen LogP contribution is 2.12. The Labute approximate surface area is 107 Å². The molecule has 0 amide bonds. The van der Waals surface area contributed by atoms with Gasteiger partial charge >= 0.3 is 0 Å². The fourth-order valence-corrected chi connectivity index (χ4v) is 1.58. The molecule has 4 heteroatoms. The van der Waals surface area contributed by atoms with Gasteiger partial charge in [-0.15, -0.1) is 0 Å². The molecule has 0 aliphatic carbocycles. The summed E-state index contributed by atoms with van der Waals surface area (Å²) in [5, 5.41) is 0. The van der Waals surface area contributed by atoms with Crippen molar-refractivity contribution in [1.82, 2.24) is 0 Å². The zero-order valence-corrected chi connectivity index (χ0v) is 10.9. The van der Waals surface area contributed by atoms with Crippen molar-refractivity contribution in [2.24, 2.45) is 5.73 Å². The maximum absolute atomic E-state index is 13.6. The number of rotatable bonds is 7. The molecule has 0 atom stereocenters. The van der Waals surface area contributed by atoms with Crippen molar-refractivity contribution in [3.8, 4) is 0 Å². The predicted octanol–water partition coefficient (Wildman–Crippen LogP) is 3.17. The maximum atomic E-state index is 13.6. The molecule has 0 radical (unpaired) electrons. The van der Waals surface area contributed by atoms with E-state index < -0.39 is 0 Å². The summed E-state index contributed by atoms with van der Waals surface area (Å²) in [5.74, 6) is -0.314. The third kappa shape index (κ3) is 4.79. The lowest BCUT2D eigenvalue weighted by atomic mass is 10.1. The second-order valence-corrected chi connectivity index (χ2v) is 4.37. The van der Waals surface area contributed by atoms with E-state index in [0.29, 0.717) is 24.3 Å². The van der Waals surface area contributed by atoms with Crippen LogP contribution in [0.3, 0.4) is 0 Å². The van der Waals surface area contributed by atoms with Gasteiger partial charge in [-0.1, -0.05) is 44.1 Å². The molecule has 0 heterocycles. The number of nitrogens with two attached hydrogens (primary N) is 1. The van der Waals surface area contributed by atoms with Crippen LogP contribution in [0, 0.1) is 5.82 Å². The topological polar surface area (TPSA) is 35.2 Å². The van der Waals surface area contributed by atoms with Gasteiger partial charge in [0.05, 0.1) is 6.61 Å². The number of halogens is 1. The second kappa shape index (κ2) is 7.35. The SMILES string of the molecule is CCCCCOCc1ccc(C(N)=S)cc1F. The van der Waals surface area contributed by atoms with E-state index in [2.05, 4.69) is 6.92 Å². The van der Waals surface area contributed by atoms with Gasteiger partial charge in [-0.25, -0.2) is 4.39 Å². The monoisotopic (exact) mass is 255 g/mol. The first-order valence-electron chi connectivity index (χ1n) is 5.81. The van der Waals surface area contributed by atoms with E-state index in [1.54, 1.807) is 12.1 Å². The quantitative estimate of drug-likeness (QED) is 0.600. The Morgan fingerprint density at radius 3 is 2.76 bits per heavy atom. The van der Waals surface area contributed by atoms with Crippen LogP contribution in [0.25, 0.3) is 0 Å². The molecule has 0 bridgehead atoms. The Bertz CT molecular complexity index is 382. The van der Waals surface area contributed by atoms with Gasteiger partial charge in [0.15, 0.2) is 0 Å². The van der Waals surface area contributed by atoms with Crippen LogP contribution in [0.5, 0.6) is 0 Å². The van der Waals surface area contributed by atoms with Crippen LogP contribution in [-0.4, -0.2) is 11.6 Å². The molecule has 0 fully saturated rings. The van der Waals surface area contributed by atoms with Gasteiger partial charge in [0.2, 0.25) is 0 Å². The summed E-state index contributed by atoms with van der Waals surface area (Å²) < 4.78 is 19.0. The summed E-state index contributed by atoms with van der Waals surface area (Å²) in [6.07, 6.45) is 3.31. The summed E-state index contributed by atoms with van der Waals surface area (Å²) in [4.78, 5) is 0.208. The molecular formula is C13H18FNOS. The Hall–Kier alpha value is -1.00. The first-order chi connectivity index (χ1) is 8.15. The summed E-state index contributed by atoms with van der Waals surface area (Å²) in [6, 6.07) is 4.74. The lowest BCUT2D eigenvalue weighted by Crippen LogP contribution is -2.10. The summed E-state index contributed by atoms with van der Waals surface area (Å²) in [5.41, 5.74) is 6.51. The maximum Gasteiger partial charge on any atom is 0.129 e. The molecule has 0 saturated carbocycles. The van der Waals surface area contributed by atoms with Gasteiger partial charge in [0.25, 0.3) is 0 Å². The minimum Gasteiger partial charge on any atom is -0.389 e. The van der Waals surface area contributed by atoms with Gasteiger partial charge in [0.1, 0.15) is 10.8 Å². The molecule has 0 aromatic heterocycles. The van der Waals surface area contributed by atoms with Crippen LogP contribution in [0.4, 0.5) is 4.39 Å². The standard InChI is InChI=1S/C13H18FNOS/c1-2-3-4-7-16-9-11-6-5-10(13(15)17)8-12(11)14/h5-6,8H,2-4,7,9H2,1H3,(H2,15,17). The zero-order chi connectivity index (χ0) is 12.7. The van der Waals surface area contributed by atoms with Gasteiger partial charge < -0.3 is 10.5 Å². The van der Waals surface area contributed by atoms with E-state index in [4.69, 9.17) is 22.7 Å². The van der Waals surface area contributed by atoms with Gasteiger partial charge in [-0.05, 0) is 12.5 Å². The first-order valence-corrected chi connectivity index (χ1v) is 6.22. The van der Waals surface area contributed by atoms with Crippen LogP contribution in [0.1, 0.15) is 37.3 Å². The fraction of sp³-hybridized carbons (Fsp3) is 0.462. The highest BCUT2D eigenvalue weighted by atomic mass is 32.1. The number of thiocarbonyl (C=S) groups is 1. The molecule has 17 heavy (non-hydrogen) atoms. The largest absolute Gasteiger partial charge is 0.389 e. The van der Waals surface area contributed by atoms with Crippen LogP contribution < -0.4 is 5.73 Å². The van der Waals surface area contributed by atoms with Crippen molar-refractivity contribution >= 4 is 17.2 Å². The number of ether oxygens (including phenoxy) is 1. The highest BCUT2D eigenvalue weighted by molar-refractivity contribution is 7.80. The number of unbranched alkanes of at least 4 members (excludes halogenated alkanes) is 2. The molecule has 2 nitrogen and oxygen atoms in total. The van der Waals surface area contributed by atoms with E-state index >= 15 is 0 Å². The van der Waals surface area contributed by atoms with Crippen molar-refractivity contribution in [2.75, 3.05) is 6.61 Å². The zero-order valence-electron chi connectivity index (χ0n) is 10.0. The molecule has 0 unspecified atom stereocenters. The Morgan fingerprint density at radius 2 is 2.18 bits per heavy atom. The Morgan fingerprint density at radius 1 is 1.41 bits per heavy atom. The molecule has 1 aromatic carbocycles. The molecular weight excluding hydrogens is 237 g/mol. The second-order valence-electron chi connectivity index (χ2n) is 3.93. The van der Waals surface area contributed by atoms with Crippen molar-refractivity contribution in [1.29, 1.82) is 0 Å². The molecule has 0 aliphatic rings. The fourth-order valence-electron chi connectivity index (χ4n) is 1.45. The van der Waals surface area contributed by atoms with Crippen molar-refractivity contribution in [2.45, 2.75) is 32.8 Å². The number of benzene rings is 1. The average Bonchev–Trinajstić information content (AvgIpc) is 2.30. The lowest BCUT2D eigenvalue weighted by Gasteiger charge is -2.06. The van der Waals surface area contributed by atoms with Crippen molar-refractivity contribution < 1.29 is 9.13 Å². The van der Waals surface area contributed by atoms with Crippen LogP contribution in [0.2, 0.25) is 0 Å². The van der Waals surface area contributed by atoms with Gasteiger partial charge in [-0.2, -0.15) is 0 Å². The molecule has 0 saturated heterocycles. The normalized spacial score (nSPS) is 10.5. The minimum atomic E-state index is -0.314. The number of hydrogen-bond acceptors (Lipinski definition) is 2. The van der Waals surface area contributed by atoms with E-state index in [-0.39, 0.29) is 10.8 Å². The third-order valence-corrected chi connectivity index (χ3v) is 2.72. The molecule has 2 N–H and O–H groups in total. The van der Waals surface area contributed by atoms with Gasteiger partial charge in [-0.3, -0.25) is 0 Å². The highest BCUT2D eigenvalue weighted by Gasteiger charge is 2.05.